The first-order valence-corrected chi connectivity index (χ1v) is 10.9. The Hall–Kier alpha value is -2.58. The van der Waals surface area contributed by atoms with Gasteiger partial charge in [0.1, 0.15) is 18.0 Å². The molecule has 5 N–H and O–H groups in total. The van der Waals surface area contributed by atoms with Gasteiger partial charge >= 0.3 is 0 Å². The molecule has 176 valence electrons. The third-order valence-electron chi connectivity index (χ3n) is 6.17. The highest BCUT2D eigenvalue weighted by Gasteiger charge is 2.45. The number of nitrogens with zero attached hydrogens (tertiary/aromatic N) is 4. The van der Waals surface area contributed by atoms with Crippen LogP contribution in [0.2, 0.25) is 0 Å². The molecule has 3 aromatic rings. The molecule has 5 rings (SSSR count). The molecule has 2 aromatic heterocycles. The zero-order chi connectivity index (χ0) is 23.3. The molecule has 6 unspecified atom stereocenters. The molecule has 6 atom stereocenters. The van der Waals surface area contributed by atoms with E-state index in [4.69, 9.17) is 22.1 Å². The molecular weight excluding hydrogens is 458 g/mol. The van der Waals surface area contributed by atoms with Gasteiger partial charge in [0.2, 0.25) is 4.77 Å². The van der Waals surface area contributed by atoms with Crippen LogP contribution in [0.1, 0.15) is 30.4 Å². The maximum absolute atomic E-state index is 13.6. The van der Waals surface area contributed by atoms with Crippen molar-refractivity contribution in [3.8, 4) is 0 Å². The monoisotopic (exact) mass is 480 g/mol. The first kappa shape index (κ1) is 22.2. The molecule has 0 radical (unpaired) electrons. The average Bonchev–Trinajstić information content (AvgIpc) is 3.34. The SMILES string of the molecule is OCCOC1CC(n2nnc3c(NC4CC4c4ccc(F)c(F)c4)[nH]c(=S)nc32)C(O)C1O. The third kappa shape index (κ3) is 4.10. The normalized spacial score (nSPS) is 29.0. The number of aliphatic hydroxyl groups is 3. The number of nitrogens with one attached hydrogen (secondary N) is 2. The maximum atomic E-state index is 13.6. The molecule has 0 spiro atoms. The predicted octanol–water partition coefficient (Wildman–Crippen LogP) is 1.17. The third-order valence-corrected chi connectivity index (χ3v) is 6.37. The van der Waals surface area contributed by atoms with Gasteiger partial charge in [-0.3, -0.25) is 0 Å². The molecule has 2 fully saturated rings. The van der Waals surface area contributed by atoms with Gasteiger partial charge in [-0.25, -0.2) is 13.5 Å². The van der Waals surface area contributed by atoms with Gasteiger partial charge in [0, 0.05) is 18.4 Å². The number of anilines is 1. The molecule has 33 heavy (non-hydrogen) atoms. The summed E-state index contributed by atoms with van der Waals surface area (Å²) < 4.78 is 33.8. The zero-order valence-electron chi connectivity index (χ0n) is 17.2. The number of fused-ring (bicyclic) bond motifs is 1. The van der Waals surface area contributed by atoms with E-state index in [-0.39, 0.29) is 36.4 Å². The van der Waals surface area contributed by atoms with E-state index in [0.717, 1.165) is 6.07 Å². The first-order valence-electron chi connectivity index (χ1n) is 10.5. The van der Waals surface area contributed by atoms with Crippen LogP contribution in [0.15, 0.2) is 18.2 Å². The highest BCUT2D eigenvalue weighted by Crippen LogP contribution is 2.43. The molecule has 2 heterocycles. The summed E-state index contributed by atoms with van der Waals surface area (Å²) >= 11 is 5.26. The molecule has 0 saturated heterocycles. The summed E-state index contributed by atoms with van der Waals surface area (Å²) in [7, 11) is 0. The van der Waals surface area contributed by atoms with Gasteiger partial charge < -0.3 is 30.4 Å². The van der Waals surface area contributed by atoms with Gasteiger partial charge in [0.15, 0.2) is 22.8 Å². The molecule has 2 aliphatic rings. The second kappa shape index (κ2) is 8.65. The Morgan fingerprint density at radius 1 is 1.21 bits per heavy atom. The fraction of sp³-hybridized carbons (Fsp3) is 0.500. The Balaban J connectivity index is 1.39. The number of hydrogen-bond donors (Lipinski definition) is 5. The van der Waals surface area contributed by atoms with E-state index in [2.05, 4.69) is 25.6 Å². The average molecular weight is 480 g/mol. The smallest absolute Gasteiger partial charge is 0.200 e. The summed E-state index contributed by atoms with van der Waals surface area (Å²) in [6.07, 6.45) is -2.04. The van der Waals surface area contributed by atoms with E-state index in [9.17, 15) is 19.0 Å². The van der Waals surface area contributed by atoms with Crippen molar-refractivity contribution in [2.24, 2.45) is 0 Å². The van der Waals surface area contributed by atoms with Crippen LogP contribution in [-0.4, -0.2) is 77.8 Å². The minimum absolute atomic E-state index is 0.00318. The Bertz CT molecular complexity index is 1240. The van der Waals surface area contributed by atoms with Gasteiger partial charge in [-0.1, -0.05) is 11.3 Å². The van der Waals surface area contributed by atoms with Gasteiger partial charge in [0.25, 0.3) is 0 Å². The van der Waals surface area contributed by atoms with Crippen LogP contribution in [0.25, 0.3) is 11.2 Å². The zero-order valence-corrected chi connectivity index (χ0v) is 18.0. The van der Waals surface area contributed by atoms with Crippen molar-refractivity contribution in [1.82, 2.24) is 25.0 Å². The molecule has 0 aliphatic heterocycles. The van der Waals surface area contributed by atoms with Crippen LogP contribution in [0, 0.1) is 16.4 Å². The van der Waals surface area contributed by atoms with Gasteiger partial charge in [-0.05, 0) is 36.3 Å². The van der Waals surface area contributed by atoms with Crippen molar-refractivity contribution >= 4 is 29.2 Å². The second-order valence-corrected chi connectivity index (χ2v) is 8.69. The Labute approximate surface area is 191 Å². The molecule has 2 saturated carbocycles. The Morgan fingerprint density at radius 3 is 2.79 bits per heavy atom. The molecule has 1 aromatic carbocycles. The van der Waals surface area contributed by atoms with Crippen LogP contribution in [0.3, 0.4) is 0 Å². The number of halogens is 2. The highest BCUT2D eigenvalue weighted by atomic mass is 32.1. The van der Waals surface area contributed by atoms with Crippen LogP contribution < -0.4 is 5.32 Å². The number of hydrogen-bond acceptors (Lipinski definition) is 9. The minimum Gasteiger partial charge on any atom is -0.394 e. The Morgan fingerprint density at radius 2 is 2.03 bits per heavy atom. The van der Waals surface area contributed by atoms with Crippen molar-refractivity contribution in [2.75, 3.05) is 18.5 Å². The van der Waals surface area contributed by atoms with Crippen molar-refractivity contribution in [3.05, 3.63) is 40.2 Å². The second-order valence-electron chi connectivity index (χ2n) is 8.31. The topological polar surface area (TPSA) is 141 Å². The lowest BCUT2D eigenvalue weighted by Crippen LogP contribution is -2.33. The molecule has 10 nitrogen and oxygen atoms in total. The maximum Gasteiger partial charge on any atom is 0.200 e. The van der Waals surface area contributed by atoms with Crippen LogP contribution in [0.4, 0.5) is 14.6 Å². The van der Waals surface area contributed by atoms with Crippen LogP contribution >= 0.6 is 12.2 Å². The molecular formula is C20H22F2N6O4S. The predicted molar refractivity (Wildman–Crippen MR) is 114 cm³/mol. The van der Waals surface area contributed by atoms with E-state index < -0.39 is 36.0 Å². The fourth-order valence-electron chi connectivity index (χ4n) is 4.40. The van der Waals surface area contributed by atoms with Gasteiger partial charge in [-0.15, -0.1) is 5.10 Å². The van der Waals surface area contributed by atoms with E-state index in [1.54, 1.807) is 6.07 Å². The first-order chi connectivity index (χ1) is 15.9. The molecule has 2 aliphatic carbocycles. The Kier molecular flexibility index (Phi) is 5.82. The largest absolute Gasteiger partial charge is 0.394 e. The molecule has 0 amide bonds. The summed E-state index contributed by atoms with van der Waals surface area (Å²) in [4.78, 5) is 7.26. The number of rotatable bonds is 7. The van der Waals surface area contributed by atoms with E-state index >= 15 is 0 Å². The van der Waals surface area contributed by atoms with Crippen molar-refractivity contribution in [3.63, 3.8) is 0 Å². The van der Waals surface area contributed by atoms with Crippen LogP contribution in [-0.2, 0) is 4.74 Å². The number of aromatic nitrogens is 5. The number of aliphatic hydroxyl groups excluding tert-OH is 3. The van der Waals surface area contributed by atoms with Crippen molar-refractivity contribution in [1.29, 1.82) is 0 Å². The standard InChI is InChI=1S/C20H22F2N6O4S/c21-10-2-1-8(5-11(10)22)9-6-12(9)23-18-15-19(25-20(33)24-18)28(27-26-15)13-7-14(32-4-3-29)17(31)16(13)30/h1-2,5,9,12-14,16-17,29-31H,3-4,6-7H2,(H2,23,24,25,33). The summed E-state index contributed by atoms with van der Waals surface area (Å²) in [5, 5.41) is 41.4. The lowest BCUT2D eigenvalue weighted by molar-refractivity contribution is -0.0629. The van der Waals surface area contributed by atoms with Crippen molar-refractivity contribution in [2.45, 2.75) is 49.2 Å². The number of ether oxygens (including phenoxy) is 1. The van der Waals surface area contributed by atoms with Gasteiger partial charge in [-0.2, -0.15) is 4.98 Å². The number of H-pyrrole nitrogens is 1. The summed E-state index contributed by atoms with van der Waals surface area (Å²) in [5.41, 5.74) is 1.40. The van der Waals surface area contributed by atoms with Crippen LogP contribution in [0.5, 0.6) is 0 Å². The lowest BCUT2D eigenvalue weighted by Gasteiger charge is -2.17. The number of aromatic amines is 1. The minimum atomic E-state index is -1.17. The fourth-order valence-corrected chi connectivity index (χ4v) is 4.59. The van der Waals surface area contributed by atoms with Gasteiger partial charge in [0.05, 0.1) is 25.4 Å². The summed E-state index contributed by atoms with van der Waals surface area (Å²) in [6, 6.07) is 3.17. The highest BCUT2D eigenvalue weighted by molar-refractivity contribution is 7.71. The summed E-state index contributed by atoms with van der Waals surface area (Å²) in [6.45, 7) is -0.161. The van der Waals surface area contributed by atoms with E-state index in [1.165, 1.54) is 10.7 Å². The molecule has 13 heteroatoms. The lowest BCUT2D eigenvalue weighted by atomic mass is 10.1. The van der Waals surface area contributed by atoms with Crippen molar-refractivity contribution < 1.29 is 28.8 Å². The van der Waals surface area contributed by atoms with E-state index in [0.29, 0.717) is 29.0 Å². The molecule has 0 bridgehead atoms. The quantitative estimate of drug-likeness (QED) is 0.315. The summed E-state index contributed by atoms with van der Waals surface area (Å²) in [5.74, 6) is -1.29. The van der Waals surface area contributed by atoms with E-state index in [1.807, 2.05) is 0 Å². The number of benzene rings is 1.